The highest BCUT2D eigenvalue weighted by Gasteiger charge is 2.17. The predicted octanol–water partition coefficient (Wildman–Crippen LogP) is 3.69. The van der Waals surface area contributed by atoms with E-state index in [1.807, 2.05) is 6.92 Å². The number of carbonyl (C=O) groups is 1. The Morgan fingerprint density at radius 2 is 1.64 bits per heavy atom. The lowest BCUT2D eigenvalue weighted by Gasteiger charge is -2.13. The third kappa shape index (κ3) is 4.51. The number of benzene rings is 2. The summed E-state index contributed by atoms with van der Waals surface area (Å²) in [7, 11) is 0. The highest BCUT2D eigenvalue weighted by atomic mass is 35.5. The quantitative estimate of drug-likeness (QED) is 0.620. The van der Waals surface area contributed by atoms with Crippen LogP contribution in [-0.4, -0.2) is 22.3 Å². The van der Waals surface area contributed by atoms with E-state index < -0.39 is 15.8 Å². The SMILES string of the molecule is CC(CNC(=O)c1cc([N+](=O)[O-])ccc1Cl)c1ccc([N+](=O)[O-])cc1. The Balaban J connectivity index is 2.05. The lowest BCUT2D eigenvalue weighted by molar-refractivity contribution is -0.385. The highest BCUT2D eigenvalue weighted by Crippen LogP contribution is 2.23. The third-order valence-corrected chi connectivity index (χ3v) is 3.98. The van der Waals surface area contributed by atoms with Crippen molar-refractivity contribution in [2.24, 2.45) is 0 Å². The molecule has 0 aliphatic heterocycles. The molecule has 0 bridgehead atoms. The summed E-state index contributed by atoms with van der Waals surface area (Å²) in [5, 5.41) is 24.2. The minimum absolute atomic E-state index is 0.0108. The van der Waals surface area contributed by atoms with Crippen molar-refractivity contribution < 1.29 is 14.6 Å². The number of nitrogens with one attached hydrogen (secondary N) is 1. The van der Waals surface area contributed by atoms with E-state index in [1.54, 1.807) is 12.1 Å². The van der Waals surface area contributed by atoms with Crippen molar-refractivity contribution >= 4 is 28.9 Å². The number of hydrogen-bond donors (Lipinski definition) is 1. The van der Waals surface area contributed by atoms with E-state index in [0.29, 0.717) is 0 Å². The third-order valence-electron chi connectivity index (χ3n) is 3.65. The lowest BCUT2D eigenvalue weighted by atomic mass is 10.0. The summed E-state index contributed by atoms with van der Waals surface area (Å²) in [4.78, 5) is 32.6. The number of amides is 1. The standard InChI is InChI=1S/C16H14ClN3O5/c1-10(11-2-4-12(5-3-11)19(22)23)9-18-16(21)14-8-13(20(24)25)6-7-15(14)17/h2-8,10H,9H2,1H3,(H,18,21). The van der Waals surface area contributed by atoms with Crippen LogP contribution in [-0.2, 0) is 0 Å². The van der Waals surface area contributed by atoms with E-state index in [4.69, 9.17) is 11.6 Å². The normalized spacial score (nSPS) is 11.6. The summed E-state index contributed by atoms with van der Waals surface area (Å²) in [6, 6.07) is 9.67. The summed E-state index contributed by atoms with van der Waals surface area (Å²) >= 11 is 5.93. The maximum Gasteiger partial charge on any atom is 0.270 e. The van der Waals surface area contributed by atoms with Crippen molar-refractivity contribution in [3.05, 3.63) is 78.8 Å². The fourth-order valence-electron chi connectivity index (χ4n) is 2.18. The number of nitrogens with zero attached hydrogens (tertiary/aromatic N) is 2. The Morgan fingerprint density at radius 1 is 1.08 bits per heavy atom. The molecule has 8 nitrogen and oxygen atoms in total. The van der Waals surface area contributed by atoms with E-state index >= 15 is 0 Å². The molecule has 0 spiro atoms. The molecular weight excluding hydrogens is 350 g/mol. The van der Waals surface area contributed by atoms with Crippen LogP contribution in [0.25, 0.3) is 0 Å². The topological polar surface area (TPSA) is 115 Å². The molecular formula is C16H14ClN3O5. The van der Waals surface area contributed by atoms with E-state index in [9.17, 15) is 25.0 Å². The largest absolute Gasteiger partial charge is 0.351 e. The van der Waals surface area contributed by atoms with Crippen molar-refractivity contribution in [3.63, 3.8) is 0 Å². The number of rotatable bonds is 6. The van der Waals surface area contributed by atoms with Crippen LogP contribution in [0.2, 0.25) is 5.02 Å². The van der Waals surface area contributed by atoms with Crippen LogP contribution in [0, 0.1) is 20.2 Å². The molecule has 2 aromatic carbocycles. The van der Waals surface area contributed by atoms with Gasteiger partial charge >= 0.3 is 0 Å². The van der Waals surface area contributed by atoms with Gasteiger partial charge in [-0.05, 0) is 17.5 Å². The van der Waals surface area contributed by atoms with Crippen LogP contribution in [0.3, 0.4) is 0 Å². The summed E-state index contributed by atoms with van der Waals surface area (Å²) in [5.74, 6) is -0.635. The number of non-ortho nitro benzene ring substituents is 2. The smallest absolute Gasteiger partial charge is 0.270 e. The minimum Gasteiger partial charge on any atom is -0.351 e. The van der Waals surface area contributed by atoms with Gasteiger partial charge in [0, 0.05) is 30.8 Å². The fraction of sp³-hybridized carbons (Fsp3) is 0.188. The van der Waals surface area contributed by atoms with Crippen LogP contribution < -0.4 is 5.32 Å². The van der Waals surface area contributed by atoms with Gasteiger partial charge in [0.2, 0.25) is 0 Å². The van der Waals surface area contributed by atoms with Gasteiger partial charge in [-0.1, -0.05) is 30.7 Å². The van der Waals surface area contributed by atoms with Gasteiger partial charge in [0.25, 0.3) is 17.3 Å². The molecule has 0 fully saturated rings. The Kier molecular flexibility index (Phi) is 5.66. The second kappa shape index (κ2) is 7.71. The van der Waals surface area contributed by atoms with Gasteiger partial charge in [0.05, 0.1) is 20.4 Å². The van der Waals surface area contributed by atoms with Crippen molar-refractivity contribution in [1.29, 1.82) is 0 Å². The van der Waals surface area contributed by atoms with Crippen molar-refractivity contribution in [3.8, 4) is 0 Å². The van der Waals surface area contributed by atoms with Crippen LogP contribution in [0.1, 0.15) is 28.8 Å². The molecule has 0 radical (unpaired) electrons. The summed E-state index contributed by atoms with van der Waals surface area (Å²) in [6.07, 6.45) is 0. The van der Waals surface area contributed by atoms with E-state index in [-0.39, 0.29) is 34.4 Å². The molecule has 0 saturated carbocycles. The van der Waals surface area contributed by atoms with E-state index in [2.05, 4.69) is 5.32 Å². The Bertz CT molecular complexity index is 823. The van der Waals surface area contributed by atoms with E-state index in [0.717, 1.165) is 11.6 Å². The fourth-order valence-corrected chi connectivity index (χ4v) is 2.39. The average Bonchev–Trinajstić information content (AvgIpc) is 2.59. The van der Waals surface area contributed by atoms with E-state index in [1.165, 1.54) is 24.3 Å². The highest BCUT2D eigenvalue weighted by molar-refractivity contribution is 6.33. The molecule has 0 aliphatic carbocycles. The molecule has 0 aromatic heterocycles. The molecule has 2 aromatic rings. The summed E-state index contributed by atoms with van der Waals surface area (Å²) < 4.78 is 0. The molecule has 130 valence electrons. The molecule has 1 N–H and O–H groups in total. The molecule has 0 heterocycles. The second-order valence-corrected chi connectivity index (χ2v) is 5.79. The zero-order valence-electron chi connectivity index (χ0n) is 13.1. The maximum atomic E-state index is 12.2. The molecule has 0 aliphatic rings. The molecule has 25 heavy (non-hydrogen) atoms. The summed E-state index contributed by atoms with van der Waals surface area (Å²) in [6.45, 7) is 2.09. The molecule has 1 atom stereocenters. The Labute approximate surface area is 147 Å². The van der Waals surface area contributed by atoms with Crippen LogP contribution in [0.5, 0.6) is 0 Å². The first kappa shape index (κ1) is 18.3. The maximum absolute atomic E-state index is 12.2. The first-order valence-corrected chi connectivity index (χ1v) is 7.64. The van der Waals surface area contributed by atoms with Crippen LogP contribution in [0.15, 0.2) is 42.5 Å². The molecule has 1 unspecified atom stereocenters. The zero-order valence-corrected chi connectivity index (χ0v) is 13.9. The number of halogens is 1. The molecule has 1 amide bonds. The Morgan fingerprint density at radius 3 is 2.20 bits per heavy atom. The van der Waals surface area contributed by atoms with Gasteiger partial charge in [-0.2, -0.15) is 0 Å². The van der Waals surface area contributed by atoms with Crippen LogP contribution >= 0.6 is 11.6 Å². The molecule has 9 heteroatoms. The molecule has 0 saturated heterocycles. The van der Waals surface area contributed by atoms with Gasteiger partial charge in [0.1, 0.15) is 0 Å². The number of hydrogen-bond acceptors (Lipinski definition) is 5. The van der Waals surface area contributed by atoms with Gasteiger partial charge < -0.3 is 5.32 Å². The number of carbonyl (C=O) groups excluding carboxylic acids is 1. The zero-order chi connectivity index (χ0) is 18.6. The first-order chi connectivity index (χ1) is 11.8. The van der Waals surface area contributed by atoms with Gasteiger partial charge in [-0.3, -0.25) is 25.0 Å². The van der Waals surface area contributed by atoms with Gasteiger partial charge in [-0.15, -0.1) is 0 Å². The van der Waals surface area contributed by atoms with Crippen LogP contribution in [0.4, 0.5) is 11.4 Å². The average molecular weight is 364 g/mol. The first-order valence-electron chi connectivity index (χ1n) is 7.26. The van der Waals surface area contributed by atoms with Crippen molar-refractivity contribution in [2.75, 3.05) is 6.54 Å². The van der Waals surface area contributed by atoms with Gasteiger partial charge in [-0.25, -0.2) is 0 Å². The predicted molar refractivity (Wildman–Crippen MR) is 92.0 cm³/mol. The lowest BCUT2D eigenvalue weighted by Crippen LogP contribution is -2.27. The Hall–Kier alpha value is -3.00. The van der Waals surface area contributed by atoms with Gasteiger partial charge in [0.15, 0.2) is 0 Å². The summed E-state index contributed by atoms with van der Waals surface area (Å²) in [5.41, 5.74) is 0.601. The number of nitro benzene ring substituents is 2. The second-order valence-electron chi connectivity index (χ2n) is 5.38. The van der Waals surface area contributed by atoms with Crippen molar-refractivity contribution in [2.45, 2.75) is 12.8 Å². The molecule has 2 rings (SSSR count). The van der Waals surface area contributed by atoms with Crippen molar-refractivity contribution in [1.82, 2.24) is 5.32 Å². The monoisotopic (exact) mass is 363 g/mol. The minimum atomic E-state index is -0.605. The number of nitro groups is 2.